The highest BCUT2D eigenvalue weighted by molar-refractivity contribution is 5.76. The molecule has 0 radical (unpaired) electrons. The molecule has 3 aliphatic heterocycles. The molecular formula is C32H37F3N8O4. The maximum atomic E-state index is 14.8. The first-order valence-corrected chi connectivity index (χ1v) is 15.5. The summed E-state index contributed by atoms with van der Waals surface area (Å²) in [5, 5.41) is 16.9. The Morgan fingerprint density at radius 1 is 1.15 bits per heavy atom. The lowest BCUT2D eigenvalue weighted by Gasteiger charge is -2.39. The zero-order valence-electron chi connectivity index (χ0n) is 26.1. The second-order valence-corrected chi connectivity index (χ2v) is 12.5. The number of anilines is 2. The van der Waals surface area contributed by atoms with Gasteiger partial charge < -0.3 is 30.7 Å². The number of piperidine rings is 1. The molecule has 1 amide bonds. The maximum Gasteiger partial charge on any atom is 0.429 e. The highest BCUT2D eigenvalue weighted by atomic mass is 19.4. The van der Waals surface area contributed by atoms with Gasteiger partial charge in [-0.25, -0.2) is 4.68 Å². The van der Waals surface area contributed by atoms with Crippen molar-refractivity contribution in [2.75, 3.05) is 43.4 Å². The van der Waals surface area contributed by atoms with Gasteiger partial charge in [0.25, 0.3) is 0 Å². The molecule has 2 aromatic heterocycles. The summed E-state index contributed by atoms with van der Waals surface area (Å²) < 4.78 is 51.6. The van der Waals surface area contributed by atoms with Crippen LogP contribution < -0.4 is 20.7 Å². The van der Waals surface area contributed by atoms with E-state index in [1.165, 1.54) is 23.7 Å². The van der Waals surface area contributed by atoms with E-state index >= 15 is 0 Å². The number of carboxylic acids is 1. The number of rotatable bonds is 7. The number of ether oxygens (including phenoxy) is 1. The normalized spacial score (nSPS) is 20.3. The summed E-state index contributed by atoms with van der Waals surface area (Å²) in [4.78, 5) is 35.1. The number of halogens is 3. The van der Waals surface area contributed by atoms with E-state index in [1.807, 2.05) is 11.0 Å². The number of aromatic nitrogens is 4. The Morgan fingerprint density at radius 2 is 1.91 bits per heavy atom. The second kappa shape index (κ2) is 12.5. The van der Waals surface area contributed by atoms with Crippen molar-refractivity contribution in [2.24, 2.45) is 5.41 Å². The van der Waals surface area contributed by atoms with E-state index in [0.29, 0.717) is 69.9 Å². The summed E-state index contributed by atoms with van der Waals surface area (Å²) >= 11 is 0. The van der Waals surface area contributed by atoms with E-state index in [1.54, 1.807) is 36.2 Å². The lowest BCUT2D eigenvalue weighted by atomic mass is 9.76. The molecule has 3 aliphatic rings. The number of alkyl halides is 3. The molecule has 2 atom stereocenters. The Morgan fingerprint density at radius 3 is 2.51 bits per heavy atom. The van der Waals surface area contributed by atoms with Crippen molar-refractivity contribution in [3.8, 4) is 11.6 Å². The number of nitrogens with one attached hydrogen (secondary N) is 1. The average Bonchev–Trinajstić information content (AvgIpc) is 3.66. The first-order chi connectivity index (χ1) is 22.3. The van der Waals surface area contributed by atoms with Gasteiger partial charge in [-0.2, -0.15) is 28.2 Å². The minimum absolute atomic E-state index is 0.0359. The Labute approximate surface area is 269 Å². The third-order valence-electron chi connectivity index (χ3n) is 9.36. The molecule has 2 fully saturated rings. The average molecular weight is 655 g/mol. The van der Waals surface area contributed by atoms with Crippen LogP contribution >= 0.6 is 0 Å². The third kappa shape index (κ3) is 6.89. The number of carboxylic acid groups (broad SMARTS) is 1. The Balaban J connectivity index is 1.28. The molecule has 1 spiro atoms. The quantitative estimate of drug-likeness (QED) is 0.342. The maximum absolute atomic E-state index is 14.8. The van der Waals surface area contributed by atoms with Crippen LogP contribution in [0.5, 0.6) is 5.88 Å². The molecule has 6 rings (SSSR count). The fourth-order valence-corrected chi connectivity index (χ4v) is 6.69. The molecule has 0 saturated carbocycles. The molecule has 3 aromatic rings. The first kappa shape index (κ1) is 32.3. The SMILES string of the molecule is CC(=O)N1CC=C(c2ccc([C@@H](Oc3cc(N4CCC5(CC4)CN[C@H](C(=O)O)C5)nc(N)n3)C(F)(F)F)c(-n3ccc(C)n3)c2)CC1. The number of carbonyl (C=O) groups excluding carboxylic acids is 1. The Hall–Kier alpha value is -4.66. The molecule has 0 bridgehead atoms. The van der Waals surface area contributed by atoms with Crippen LogP contribution in [0.1, 0.15) is 55.5 Å². The number of aryl methyl sites for hydroxylation is 1. The number of aliphatic carboxylic acids is 1. The van der Waals surface area contributed by atoms with Crippen LogP contribution in [0.25, 0.3) is 11.3 Å². The van der Waals surface area contributed by atoms with Gasteiger partial charge in [-0.3, -0.25) is 9.59 Å². The molecule has 250 valence electrons. The number of amides is 1. The molecule has 4 N–H and O–H groups in total. The van der Waals surface area contributed by atoms with Gasteiger partial charge in [-0.1, -0.05) is 18.2 Å². The summed E-state index contributed by atoms with van der Waals surface area (Å²) in [6, 6.07) is 7.16. The number of nitrogens with zero attached hydrogens (tertiary/aromatic N) is 6. The largest absolute Gasteiger partial charge is 0.480 e. The minimum atomic E-state index is -4.84. The van der Waals surface area contributed by atoms with E-state index in [4.69, 9.17) is 10.5 Å². The van der Waals surface area contributed by atoms with Crippen LogP contribution in [-0.2, 0) is 9.59 Å². The fraction of sp³-hybridized carbons (Fsp3) is 0.469. The van der Waals surface area contributed by atoms with Gasteiger partial charge >= 0.3 is 12.1 Å². The molecule has 0 unspecified atom stereocenters. The monoisotopic (exact) mass is 654 g/mol. The van der Waals surface area contributed by atoms with Gasteiger partial charge in [-0.05, 0) is 61.3 Å². The van der Waals surface area contributed by atoms with Gasteiger partial charge in [0.2, 0.25) is 23.8 Å². The minimum Gasteiger partial charge on any atom is -0.480 e. The number of nitrogens with two attached hydrogens (primary N) is 1. The molecule has 0 aliphatic carbocycles. The second-order valence-electron chi connectivity index (χ2n) is 12.5. The predicted molar refractivity (Wildman–Crippen MR) is 167 cm³/mol. The summed E-state index contributed by atoms with van der Waals surface area (Å²) in [6.45, 7) is 5.84. The van der Waals surface area contributed by atoms with E-state index in [-0.39, 0.29) is 34.4 Å². The number of carbonyl (C=O) groups is 2. The molecule has 12 nitrogen and oxygen atoms in total. The number of nitrogen functional groups attached to an aromatic ring is 1. The number of hydrogen-bond donors (Lipinski definition) is 3. The van der Waals surface area contributed by atoms with E-state index in [2.05, 4.69) is 20.4 Å². The third-order valence-corrected chi connectivity index (χ3v) is 9.36. The summed E-state index contributed by atoms with van der Waals surface area (Å²) in [6.07, 6.45) is -1.26. The van der Waals surface area contributed by atoms with E-state index in [9.17, 15) is 27.9 Å². The zero-order valence-corrected chi connectivity index (χ0v) is 26.1. The molecule has 1 aromatic carbocycles. The standard InChI is InChI=1S/C32H37F3N8O4/c1-19-5-12-43(40-19)25-15-22(21-6-10-41(11-7-21)20(2)44)3-4-23(25)28(32(33,34)35)47-27-16-26(38-30(36)39-27)42-13-8-31(9-14-42)17-24(29(45)46)37-18-31/h3-6,12,15-16,24,28,37H,7-11,13-14,17-18H2,1-2H3,(H,45,46)(H2,36,38,39)/t24-,28+/m0/s1. The van der Waals surface area contributed by atoms with E-state index < -0.39 is 24.3 Å². The first-order valence-electron chi connectivity index (χ1n) is 15.5. The highest BCUT2D eigenvalue weighted by Crippen LogP contribution is 2.42. The van der Waals surface area contributed by atoms with Crippen LogP contribution in [0.15, 0.2) is 42.6 Å². The van der Waals surface area contributed by atoms with Crippen LogP contribution in [0.2, 0.25) is 0 Å². The molecular weight excluding hydrogens is 617 g/mol. The van der Waals surface area contributed by atoms with Crippen molar-refractivity contribution in [3.05, 3.63) is 59.4 Å². The Kier molecular flexibility index (Phi) is 8.59. The van der Waals surface area contributed by atoms with Crippen molar-refractivity contribution in [1.29, 1.82) is 0 Å². The summed E-state index contributed by atoms with van der Waals surface area (Å²) in [5.74, 6) is -1.12. The number of benzene rings is 1. The topological polar surface area (TPSA) is 152 Å². The lowest BCUT2D eigenvalue weighted by Crippen LogP contribution is -2.41. The van der Waals surface area contributed by atoms with Gasteiger partial charge in [0.15, 0.2) is 0 Å². The zero-order chi connectivity index (χ0) is 33.5. The van der Waals surface area contributed by atoms with Crippen molar-refractivity contribution in [1.82, 2.24) is 30.0 Å². The van der Waals surface area contributed by atoms with Gasteiger partial charge in [-0.15, -0.1) is 0 Å². The van der Waals surface area contributed by atoms with E-state index in [0.717, 1.165) is 11.1 Å². The summed E-state index contributed by atoms with van der Waals surface area (Å²) in [5.41, 5.74) is 8.13. The van der Waals surface area contributed by atoms with Crippen molar-refractivity contribution in [3.63, 3.8) is 0 Å². The highest BCUT2D eigenvalue weighted by Gasteiger charge is 2.46. The van der Waals surface area contributed by atoms with Gasteiger partial charge in [0.1, 0.15) is 11.9 Å². The van der Waals surface area contributed by atoms with Gasteiger partial charge in [0.05, 0.1) is 11.4 Å². The Bertz CT molecular complexity index is 1700. The van der Waals surface area contributed by atoms with Crippen LogP contribution in [0, 0.1) is 12.3 Å². The fourth-order valence-electron chi connectivity index (χ4n) is 6.69. The lowest BCUT2D eigenvalue weighted by molar-refractivity contribution is -0.198. The van der Waals surface area contributed by atoms with Crippen molar-refractivity contribution >= 4 is 29.2 Å². The molecule has 15 heteroatoms. The molecule has 2 saturated heterocycles. The predicted octanol–water partition coefficient (Wildman–Crippen LogP) is 3.90. The molecule has 47 heavy (non-hydrogen) atoms. The summed E-state index contributed by atoms with van der Waals surface area (Å²) in [7, 11) is 0. The van der Waals surface area contributed by atoms with Crippen LogP contribution in [-0.4, -0.2) is 86.6 Å². The van der Waals surface area contributed by atoms with Crippen molar-refractivity contribution < 1.29 is 32.6 Å². The van der Waals surface area contributed by atoms with Crippen molar-refractivity contribution in [2.45, 2.75) is 57.9 Å². The molecule has 5 heterocycles. The van der Waals surface area contributed by atoms with Crippen LogP contribution in [0.3, 0.4) is 0 Å². The number of hydrogen-bond acceptors (Lipinski definition) is 9. The van der Waals surface area contributed by atoms with Gasteiger partial charge in [0, 0.05) is 57.5 Å². The van der Waals surface area contributed by atoms with Crippen LogP contribution in [0.4, 0.5) is 24.9 Å². The smallest absolute Gasteiger partial charge is 0.429 e.